The maximum Gasteiger partial charge on any atom is 0.356 e. The number of benzene rings is 2. The molecule has 37 heavy (non-hydrogen) atoms. The molecule has 0 radical (unpaired) electrons. The number of rotatable bonds is 6. The van der Waals surface area contributed by atoms with Crippen molar-refractivity contribution in [1.29, 1.82) is 0 Å². The number of hydrogen-bond acceptors (Lipinski definition) is 7. The van der Waals surface area contributed by atoms with Crippen LogP contribution in [-0.2, 0) is 16.9 Å². The fourth-order valence-corrected chi connectivity index (χ4v) is 5.07. The Morgan fingerprint density at radius 2 is 1.62 bits per heavy atom. The minimum Gasteiger partial charge on any atom is -0.478 e. The number of aromatic carboxylic acids is 1. The number of nitrogens with one attached hydrogen (secondary N) is 1. The Labute approximate surface area is 212 Å². The molecule has 10 heteroatoms. The first kappa shape index (κ1) is 24.1. The lowest BCUT2D eigenvalue weighted by Gasteiger charge is -2.39. The van der Waals surface area contributed by atoms with Crippen LogP contribution in [-0.4, -0.2) is 47.8 Å². The minimum absolute atomic E-state index is 0.00684. The van der Waals surface area contributed by atoms with Gasteiger partial charge in [-0.1, -0.05) is 48.5 Å². The SMILES string of the molecule is Cc1cc(C)nc(OC(C(=O)O)C2(c3ccccc3)NCc3c(C(=O)O)nc(C)n3-c3ccccc32)n1. The first-order valence-corrected chi connectivity index (χ1v) is 11.7. The molecule has 3 heterocycles. The molecule has 0 aliphatic carbocycles. The normalized spacial score (nSPS) is 17.3. The maximum atomic E-state index is 13.0. The monoisotopic (exact) mass is 499 g/mol. The smallest absolute Gasteiger partial charge is 0.356 e. The Kier molecular flexibility index (Phi) is 5.96. The number of ether oxygens (including phenoxy) is 1. The van der Waals surface area contributed by atoms with Gasteiger partial charge in [0, 0.05) is 23.5 Å². The van der Waals surface area contributed by atoms with E-state index in [-0.39, 0.29) is 18.2 Å². The molecule has 0 saturated carbocycles. The van der Waals surface area contributed by atoms with E-state index in [1.54, 1.807) is 37.5 Å². The first-order chi connectivity index (χ1) is 17.7. The van der Waals surface area contributed by atoms with E-state index < -0.39 is 23.6 Å². The van der Waals surface area contributed by atoms with E-state index in [0.717, 1.165) is 0 Å². The van der Waals surface area contributed by atoms with Crippen LogP contribution in [0.25, 0.3) is 5.69 Å². The van der Waals surface area contributed by atoms with Crippen LogP contribution in [0.3, 0.4) is 0 Å². The molecule has 2 atom stereocenters. The van der Waals surface area contributed by atoms with Gasteiger partial charge in [-0.2, -0.15) is 0 Å². The first-order valence-electron chi connectivity index (χ1n) is 11.7. The summed E-state index contributed by atoms with van der Waals surface area (Å²) in [6, 6.07) is 18.0. The van der Waals surface area contributed by atoms with E-state index in [9.17, 15) is 19.8 Å². The molecule has 0 spiro atoms. The van der Waals surface area contributed by atoms with E-state index in [0.29, 0.717) is 39.7 Å². The summed E-state index contributed by atoms with van der Waals surface area (Å²) in [6.45, 7) is 5.28. The van der Waals surface area contributed by atoms with Gasteiger partial charge < -0.3 is 14.9 Å². The highest BCUT2D eigenvalue weighted by Gasteiger charge is 2.51. The number of carbonyl (C=O) groups is 2. The number of carboxylic acid groups (broad SMARTS) is 2. The topological polar surface area (TPSA) is 139 Å². The van der Waals surface area contributed by atoms with Gasteiger partial charge in [0.05, 0.1) is 11.4 Å². The third-order valence-corrected chi connectivity index (χ3v) is 6.48. The highest BCUT2D eigenvalue weighted by molar-refractivity contribution is 5.87. The predicted molar refractivity (Wildman–Crippen MR) is 133 cm³/mol. The van der Waals surface area contributed by atoms with Gasteiger partial charge in [0.2, 0.25) is 6.10 Å². The summed E-state index contributed by atoms with van der Waals surface area (Å²) in [5.41, 5.74) is 1.92. The molecule has 0 bridgehead atoms. The number of hydrogen-bond donors (Lipinski definition) is 3. The zero-order valence-corrected chi connectivity index (χ0v) is 20.5. The van der Waals surface area contributed by atoms with Gasteiger partial charge in [0.15, 0.2) is 5.69 Å². The maximum absolute atomic E-state index is 13.0. The van der Waals surface area contributed by atoms with Gasteiger partial charge in [-0.15, -0.1) is 0 Å². The Balaban J connectivity index is 1.81. The number of aliphatic carboxylic acids is 1. The van der Waals surface area contributed by atoms with Crippen molar-refractivity contribution < 1.29 is 24.5 Å². The highest BCUT2D eigenvalue weighted by atomic mass is 16.5. The number of fused-ring (bicyclic) bond motifs is 3. The van der Waals surface area contributed by atoms with Crippen LogP contribution in [0.5, 0.6) is 6.01 Å². The van der Waals surface area contributed by atoms with Crippen LogP contribution in [0.15, 0.2) is 60.7 Å². The predicted octanol–water partition coefficient (Wildman–Crippen LogP) is 3.16. The van der Waals surface area contributed by atoms with Crippen molar-refractivity contribution >= 4 is 11.9 Å². The van der Waals surface area contributed by atoms with Gasteiger partial charge in [-0.05, 0) is 38.5 Å². The molecule has 0 saturated heterocycles. The summed E-state index contributed by atoms with van der Waals surface area (Å²) in [5.74, 6) is -1.94. The fourth-order valence-electron chi connectivity index (χ4n) is 5.07. The molecule has 188 valence electrons. The van der Waals surface area contributed by atoms with E-state index in [1.165, 1.54) is 0 Å². The Morgan fingerprint density at radius 1 is 0.973 bits per heavy atom. The minimum atomic E-state index is -1.52. The lowest BCUT2D eigenvalue weighted by molar-refractivity contribution is -0.149. The molecule has 2 aromatic carbocycles. The second-order valence-electron chi connectivity index (χ2n) is 8.91. The average Bonchev–Trinajstić information content (AvgIpc) is 3.11. The van der Waals surface area contributed by atoms with Crippen LogP contribution >= 0.6 is 0 Å². The zero-order valence-electron chi connectivity index (χ0n) is 20.5. The van der Waals surface area contributed by atoms with E-state index in [1.807, 2.05) is 48.5 Å². The van der Waals surface area contributed by atoms with Crippen LogP contribution in [0, 0.1) is 20.8 Å². The van der Waals surface area contributed by atoms with E-state index in [2.05, 4.69) is 20.3 Å². The molecule has 0 amide bonds. The van der Waals surface area contributed by atoms with Crippen molar-refractivity contribution in [3.8, 4) is 11.7 Å². The second-order valence-corrected chi connectivity index (χ2v) is 8.91. The van der Waals surface area contributed by atoms with Gasteiger partial charge in [0.1, 0.15) is 11.4 Å². The van der Waals surface area contributed by atoms with E-state index in [4.69, 9.17) is 4.74 Å². The second kappa shape index (κ2) is 9.14. The van der Waals surface area contributed by atoms with Crippen LogP contribution in [0.2, 0.25) is 0 Å². The number of aryl methyl sites for hydroxylation is 3. The molecular weight excluding hydrogens is 474 g/mol. The van der Waals surface area contributed by atoms with Crippen molar-refractivity contribution in [2.45, 2.75) is 39.0 Å². The number of carboxylic acids is 2. The quantitative estimate of drug-likeness (QED) is 0.365. The molecule has 5 rings (SSSR count). The van der Waals surface area contributed by atoms with Crippen molar-refractivity contribution in [2.24, 2.45) is 0 Å². The van der Waals surface area contributed by atoms with Crippen molar-refractivity contribution in [1.82, 2.24) is 24.8 Å². The molecule has 2 aromatic heterocycles. The lowest BCUT2D eigenvalue weighted by atomic mass is 9.77. The summed E-state index contributed by atoms with van der Waals surface area (Å²) in [5, 5.41) is 23.8. The van der Waals surface area contributed by atoms with Gasteiger partial charge in [-0.3, -0.25) is 9.88 Å². The summed E-state index contributed by atoms with van der Waals surface area (Å²) >= 11 is 0. The molecular formula is C27H25N5O5. The molecule has 10 nitrogen and oxygen atoms in total. The third-order valence-electron chi connectivity index (χ3n) is 6.48. The fraction of sp³-hybridized carbons (Fsp3) is 0.222. The number of aromatic nitrogens is 4. The summed E-state index contributed by atoms with van der Waals surface area (Å²) in [7, 11) is 0. The van der Waals surface area contributed by atoms with Crippen LogP contribution < -0.4 is 10.1 Å². The zero-order chi connectivity index (χ0) is 26.3. The van der Waals surface area contributed by atoms with Crippen molar-refractivity contribution in [3.63, 3.8) is 0 Å². The largest absolute Gasteiger partial charge is 0.478 e. The Morgan fingerprint density at radius 3 is 2.27 bits per heavy atom. The van der Waals surface area contributed by atoms with Gasteiger partial charge >= 0.3 is 17.9 Å². The van der Waals surface area contributed by atoms with Gasteiger partial charge in [0.25, 0.3) is 0 Å². The van der Waals surface area contributed by atoms with Gasteiger partial charge in [-0.25, -0.2) is 24.5 Å². The number of imidazole rings is 1. The summed E-state index contributed by atoms with van der Waals surface area (Å²) in [4.78, 5) is 38.0. The standard InChI is InChI=1S/C27H25N5O5/c1-15-13-16(2)30-26(29-15)37-23(25(35)36)27(18-9-5-4-6-10-18)19-11-7-8-12-20(19)32-17(3)31-22(24(33)34)21(32)14-28-27/h4-13,23,28H,14H2,1-3H3,(H,33,34)(H,35,36). The summed E-state index contributed by atoms with van der Waals surface area (Å²) < 4.78 is 7.86. The molecule has 1 aliphatic heterocycles. The molecule has 2 unspecified atom stereocenters. The van der Waals surface area contributed by atoms with E-state index >= 15 is 0 Å². The van der Waals surface area contributed by atoms with Crippen molar-refractivity contribution in [3.05, 3.63) is 100 Å². The molecule has 4 aromatic rings. The molecule has 3 N–H and O–H groups in total. The Bertz CT molecular complexity index is 1500. The molecule has 1 aliphatic rings. The highest BCUT2D eigenvalue weighted by Crippen LogP contribution is 2.41. The third kappa shape index (κ3) is 4.01. The summed E-state index contributed by atoms with van der Waals surface area (Å²) in [6.07, 6.45) is -1.52. The number of para-hydroxylation sites is 1. The molecule has 0 fully saturated rings. The van der Waals surface area contributed by atoms with Crippen molar-refractivity contribution in [2.75, 3.05) is 0 Å². The average molecular weight is 500 g/mol. The number of nitrogens with zero attached hydrogens (tertiary/aromatic N) is 4. The lowest BCUT2D eigenvalue weighted by Crippen LogP contribution is -2.57. The van der Waals surface area contributed by atoms with Crippen LogP contribution in [0.1, 0.15) is 44.5 Å². The Hall–Kier alpha value is -4.57. The van der Waals surface area contributed by atoms with Crippen LogP contribution in [0.4, 0.5) is 0 Å².